The minimum Gasteiger partial charge on any atom is -0.480 e. The third kappa shape index (κ3) is 5.24. The summed E-state index contributed by atoms with van der Waals surface area (Å²) >= 11 is 0. The maximum absolute atomic E-state index is 12.6. The molecule has 8 nitrogen and oxygen atoms in total. The van der Waals surface area contributed by atoms with Gasteiger partial charge in [0.1, 0.15) is 15.8 Å². The highest BCUT2D eigenvalue weighted by Crippen LogP contribution is 2.26. The number of hydrogen-bond acceptors (Lipinski definition) is 5. The van der Waals surface area contributed by atoms with E-state index in [4.69, 9.17) is 0 Å². The van der Waals surface area contributed by atoms with Gasteiger partial charge < -0.3 is 5.11 Å². The summed E-state index contributed by atoms with van der Waals surface area (Å²) in [5, 5.41) is 9.23. The average Bonchev–Trinajstić information content (AvgIpc) is 3.29. The number of carbonyl (C=O) groups is 1. The number of benzene rings is 1. The molecule has 0 radical (unpaired) electrons. The molecule has 0 heterocycles. The molecule has 1 aromatic carbocycles. The Hall–Kier alpha value is -1.49. The van der Waals surface area contributed by atoms with Crippen LogP contribution in [0.4, 0.5) is 0 Å². The lowest BCUT2D eigenvalue weighted by Crippen LogP contribution is -2.42. The molecular weight excluding hydrogens is 368 g/mol. The average molecular weight is 390 g/mol. The maximum Gasteiger partial charge on any atom is 0.321 e. The Labute approximate surface area is 147 Å². The molecule has 1 aliphatic rings. The Balaban J connectivity index is 2.37. The van der Waals surface area contributed by atoms with Crippen molar-refractivity contribution in [2.24, 2.45) is 5.92 Å². The lowest BCUT2D eigenvalue weighted by atomic mass is 10.1. The number of nitrogens with one attached hydrogen (secondary N) is 2. The van der Waals surface area contributed by atoms with Crippen LogP contribution in [-0.2, 0) is 24.8 Å². The molecule has 3 N–H and O–H groups in total. The Morgan fingerprint density at radius 2 is 1.64 bits per heavy atom. The topological polar surface area (TPSA) is 130 Å². The second kappa shape index (κ2) is 7.40. The van der Waals surface area contributed by atoms with Crippen molar-refractivity contribution < 1.29 is 26.7 Å². The van der Waals surface area contributed by atoms with E-state index in [9.17, 15) is 26.7 Å². The molecule has 2 rings (SSSR count). The third-order valence-corrected chi connectivity index (χ3v) is 6.87. The highest BCUT2D eigenvalue weighted by molar-refractivity contribution is 7.92. The van der Waals surface area contributed by atoms with E-state index >= 15 is 0 Å². The van der Waals surface area contributed by atoms with Gasteiger partial charge in [0.05, 0.1) is 0 Å². The van der Waals surface area contributed by atoms with E-state index in [1.54, 1.807) is 13.8 Å². The van der Waals surface area contributed by atoms with Gasteiger partial charge in [0.25, 0.3) is 0 Å². The van der Waals surface area contributed by atoms with E-state index in [2.05, 4.69) is 9.44 Å². The summed E-state index contributed by atoms with van der Waals surface area (Å²) in [5.74, 6) is -1.37. The first-order chi connectivity index (χ1) is 11.5. The SMILES string of the molecule is CC(C)C[C@@H](NS(=O)(=O)c1ccccc1S(=O)(=O)NC1CC1)C(=O)O. The van der Waals surface area contributed by atoms with Crippen molar-refractivity contribution in [3.8, 4) is 0 Å². The summed E-state index contributed by atoms with van der Waals surface area (Å²) in [6.07, 6.45) is 1.51. The third-order valence-electron chi connectivity index (χ3n) is 3.63. The number of sulfonamides is 2. The number of carboxylic acid groups (broad SMARTS) is 1. The van der Waals surface area contributed by atoms with Gasteiger partial charge >= 0.3 is 5.97 Å². The molecule has 140 valence electrons. The molecule has 25 heavy (non-hydrogen) atoms. The molecule has 0 saturated heterocycles. The van der Waals surface area contributed by atoms with Crippen molar-refractivity contribution >= 4 is 26.0 Å². The predicted molar refractivity (Wildman–Crippen MR) is 91.0 cm³/mol. The summed E-state index contributed by atoms with van der Waals surface area (Å²) < 4.78 is 54.7. The zero-order valence-electron chi connectivity index (χ0n) is 14.0. The predicted octanol–water partition coefficient (Wildman–Crippen LogP) is 0.905. The van der Waals surface area contributed by atoms with Crippen molar-refractivity contribution in [3.05, 3.63) is 24.3 Å². The van der Waals surface area contributed by atoms with Gasteiger partial charge in [-0.1, -0.05) is 26.0 Å². The minimum absolute atomic E-state index is 0.0562. The smallest absolute Gasteiger partial charge is 0.321 e. The van der Waals surface area contributed by atoms with Gasteiger partial charge in [0.15, 0.2) is 0 Å². The highest BCUT2D eigenvalue weighted by Gasteiger charge is 2.33. The van der Waals surface area contributed by atoms with E-state index in [1.807, 2.05) is 0 Å². The molecule has 1 saturated carbocycles. The van der Waals surface area contributed by atoms with Crippen molar-refractivity contribution in [1.29, 1.82) is 0 Å². The first kappa shape index (κ1) is 19.8. The molecule has 1 aliphatic carbocycles. The summed E-state index contributed by atoms with van der Waals surface area (Å²) in [6.45, 7) is 3.53. The van der Waals surface area contributed by atoms with Crippen LogP contribution >= 0.6 is 0 Å². The van der Waals surface area contributed by atoms with Gasteiger partial charge in [0.2, 0.25) is 20.0 Å². The van der Waals surface area contributed by atoms with Crippen LogP contribution in [0.3, 0.4) is 0 Å². The number of rotatable bonds is 9. The van der Waals surface area contributed by atoms with Gasteiger partial charge in [-0.3, -0.25) is 4.79 Å². The summed E-state index contributed by atoms with van der Waals surface area (Å²) in [7, 11) is -8.34. The summed E-state index contributed by atoms with van der Waals surface area (Å²) in [5.41, 5.74) is 0. The fraction of sp³-hybridized carbons (Fsp3) is 0.533. The van der Waals surface area contributed by atoms with Crippen molar-refractivity contribution in [2.45, 2.75) is 55.0 Å². The second-order valence-electron chi connectivity index (χ2n) is 6.48. The lowest BCUT2D eigenvalue weighted by molar-refractivity contribution is -0.139. The molecule has 0 aliphatic heterocycles. The van der Waals surface area contributed by atoms with Crippen molar-refractivity contribution in [3.63, 3.8) is 0 Å². The van der Waals surface area contributed by atoms with Crippen LogP contribution in [0.5, 0.6) is 0 Å². The summed E-state index contributed by atoms with van der Waals surface area (Å²) in [4.78, 5) is 10.5. The van der Waals surface area contributed by atoms with E-state index in [1.165, 1.54) is 18.2 Å². The van der Waals surface area contributed by atoms with Crippen LogP contribution in [0.25, 0.3) is 0 Å². The molecule has 0 unspecified atom stereocenters. The van der Waals surface area contributed by atoms with Crippen molar-refractivity contribution in [2.75, 3.05) is 0 Å². The minimum atomic E-state index is -4.33. The van der Waals surface area contributed by atoms with E-state index in [0.717, 1.165) is 6.07 Å². The van der Waals surface area contributed by atoms with Crippen molar-refractivity contribution in [1.82, 2.24) is 9.44 Å². The van der Waals surface area contributed by atoms with Gasteiger partial charge in [-0.25, -0.2) is 21.6 Å². The van der Waals surface area contributed by atoms with Gasteiger partial charge in [-0.05, 0) is 37.3 Å². The number of carboxylic acids is 1. The Morgan fingerprint density at radius 3 is 2.08 bits per heavy atom. The number of hydrogen-bond donors (Lipinski definition) is 3. The van der Waals surface area contributed by atoms with Gasteiger partial charge in [-0.15, -0.1) is 0 Å². The van der Waals surface area contributed by atoms with Crippen LogP contribution in [0.2, 0.25) is 0 Å². The summed E-state index contributed by atoms with van der Waals surface area (Å²) in [6, 6.07) is 3.64. The first-order valence-electron chi connectivity index (χ1n) is 7.89. The quantitative estimate of drug-likeness (QED) is 0.574. The molecule has 0 spiro atoms. The second-order valence-corrected chi connectivity index (χ2v) is 9.85. The van der Waals surface area contributed by atoms with Gasteiger partial charge in [-0.2, -0.15) is 4.72 Å². The molecule has 10 heteroatoms. The van der Waals surface area contributed by atoms with Crippen LogP contribution in [0.15, 0.2) is 34.1 Å². The zero-order chi connectivity index (χ0) is 18.8. The number of aliphatic carboxylic acids is 1. The molecule has 0 aromatic heterocycles. The van der Waals surface area contributed by atoms with E-state index in [-0.39, 0.29) is 23.3 Å². The largest absolute Gasteiger partial charge is 0.480 e. The zero-order valence-corrected chi connectivity index (χ0v) is 15.6. The molecule has 0 bridgehead atoms. The molecular formula is C15H22N2O6S2. The molecule has 1 atom stereocenters. The Kier molecular flexibility index (Phi) is 5.87. The molecule has 0 amide bonds. The fourth-order valence-corrected chi connectivity index (χ4v) is 5.64. The Bertz CT molecular complexity index is 845. The molecule has 1 fully saturated rings. The highest BCUT2D eigenvalue weighted by atomic mass is 32.2. The Morgan fingerprint density at radius 1 is 1.12 bits per heavy atom. The van der Waals surface area contributed by atoms with Gasteiger partial charge in [0, 0.05) is 6.04 Å². The van der Waals surface area contributed by atoms with Crippen LogP contribution in [0, 0.1) is 5.92 Å². The van der Waals surface area contributed by atoms with Crippen LogP contribution < -0.4 is 9.44 Å². The molecule has 1 aromatic rings. The van der Waals surface area contributed by atoms with E-state index < -0.39 is 37.0 Å². The first-order valence-corrected chi connectivity index (χ1v) is 10.9. The maximum atomic E-state index is 12.6. The standard InChI is InChI=1S/C15H22N2O6S2/c1-10(2)9-12(15(18)19)17-25(22,23)14-6-4-3-5-13(14)24(20,21)16-11-7-8-11/h3-6,10-12,16-17H,7-9H2,1-2H3,(H,18,19)/t12-/m1/s1. The van der Waals surface area contributed by atoms with E-state index in [0.29, 0.717) is 12.8 Å². The normalized spacial score (nSPS) is 16.8. The lowest BCUT2D eigenvalue weighted by Gasteiger charge is -2.18. The monoisotopic (exact) mass is 390 g/mol. The van der Waals surface area contributed by atoms with Crippen LogP contribution in [0.1, 0.15) is 33.1 Å². The van der Waals surface area contributed by atoms with Crippen LogP contribution in [-0.4, -0.2) is 40.0 Å². The fourth-order valence-electron chi connectivity index (χ4n) is 2.30.